The van der Waals surface area contributed by atoms with Crippen LogP contribution in [0.2, 0.25) is 0 Å². The third-order valence-electron chi connectivity index (χ3n) is 2.53. The van der Waals surface area contributed by atoms with E-state index >= 15 is 0 Å². The molecule has 2 rings (SSSR count). The largest absolute Gasteiger partial charge is 0.451 e. The number of thiocarbonyl (C=S) groups is 1. The number of furan rings is 1. The molecular weight excluding hydrogens is 278 g/mol. The normalized spacial score (nSPS) is 10.2. The van der Waals surface area contributed by atoms with Crippen molar-refractivity contribution >= 4 is 34.2 Å². The van der Waals surface area contributed by atoms with Gasteiger partial charge in [0, 0.05) is 19.0 Å². The Morgan fingerprint density at radius 1 is 1.35 bits per heavy atom. The van der Waals surface area contributed by atoms with Gasteiger partial charge in [-0.1, -0.05) is 18.2 Å². The second kappa shape index (κ2) is 6.88. The lowest BCUT2D eigenvalue weighted by molar-refractivity contribution is 0.0918. The van der Waals surface area contributed by atoms with Gasteiger partial charge in [0.1, 0.15) is 5.58 Å². The van der Waals surface area contributed by atoms with Crippen LogP contribution < -0.4 is 16.2 Å². The topological polar surface area (TPSA) is 75.5 Å². The zero-order valence-corrected chi connectivity index (χ0v) is 11.8. The Labute approximate surface area is 121 Å². The lowest BCUT2D eigenvalue weighted by Gasteiger charge is -2.10. The summed E-state index contributed by atoms with van der Waals surface area (Å²) in [5.41, 5.74) is 5.71. The van der Waals surface area contributed by atoms with Crippen molar-refractivity contribution in [1.29, 1.82) is 0 Å². The van der Waals surface area contributed by atoms with Crippen LogP contribution in [0.25, 0.3) is 11.0 Å². The number of fused-ring (bicyclic) bond motifs is 1. The number of rotatable bonds is 4. The Morgan fingerprint density at radius 2 is 2.15 bits per heavy atom. The predicted octanol–water partition coefficient (Wildman–Crippen LogP) is 1.19. The van der Waals surface area contributed by atoms with Gasteiger partial charge in [0.2, 0.25) is 0 Å². The molecule has 0 radical (unpaired) electrons. The summed E-state index contributed by atoms with van der Waals surface area (Å²) in [6, 6.07) is 9.08. The molecule has 1 aromatic heterocycles. The number of carbonyl (C=O) groups excluding carboxylic acids is 1. The van der Waals surface area contributed by atoms with E-state index < -0.39 is 5.91 Å². The summed E-state index contributed by atoms with van der Waals surface area (Å²) in [6.07, 6.45) is 0. The van der Waals surface area contributed by atoms with Crippen molar-refractivity contribution in [2.24, 2.45) is 0 Å². The van der Waals surface area contributed by atoms with Crippen LogP contribution in [0.3, 0.4) is 0 Å². The maximum Gasteiger partial charge on any atom is 0.305 e. The summed E-state index contributed by atoms with van der Waals surface area (Å²) in [5.74, 6) is -0.171. The molecule has 0 aliphatic carbocycles. The molecule has 1 amide bonds. The monoisotopic (exact) mass is 293 g/mol. The molecule has 0 spiro atoms. The lowest BCUT2D eigenvalue weighted by Crippen LogP contribution is -2.47. The number of benzene rings is 1. The first-order valence-corrected chi connectivity index (χ1v) is 6.43. The van der Waals surface area contributed by atoms with Crippen molar-refractivity contribution in [2.45, 2.75) is 0 Å². The van der Waals surface area contributed by atoms with Gasteiger partial charge in [-0.3, -0.25) is 15.6 Å². The Hall–Kier alpha value is -2.12. The van der Waals surface area contributed by atoms with Crippen LogP contribution in [-0.2, 0) is 4.74 Å². The fourth-order valence-electron chi connectivity index (χ4n) is 1.58. The number of para-hydroxylation sites is 1. The first-order valence-electron chi connectivity index (χ1n) is 6.02. The first kappa shape index (κ1) is 14.3. The van der Waals surface area contributed by atoms with Gasteiger partial charge in [0.15, 0.2) is 10.9 Å². The van der Waals surface area contributed by atoms with E-state index in [1.807, 2.05) is 18.2 Å². The van der Waals surface area contributed by atoms with E-state index in [1.165, 1.54) is 0 Å². The Kier molecular flexibility index (Phi) is 4.91. The fourth-order valence-corrected chi connectivity index (χ4v) is 1.73. The van der Waals surface area contributed by atoms with Crippen LogP contribution >= 0.6 is 12.2 Å². The maximum absolute atomic E-state index is 11.9. The minimum atomic E-state index is -0.392. The molecule has 106 valence electrons. The quantitative estimate of drug-likeness (QED) is 0.447. The van der Waals surface area contributed by atoms with Gasteiger partial charge in [-0.05, 0) is 24.4 Å². The van der Waals surface area contributed by atoms with Crippen molar-refractivity contribution in [1.82, 2.24) is 16.2 Å². The number of hydrogen-bond donors (Lipinski definition) is 3. The zero-order chi connectivity index (χ0) is 14.4. The molecule has 0 fully saturated rings. The van der Waals surface area contributed by atoms with Gasteiger partial charge in [-0.25, -0.2) is 0 Å². The summed E-state index contributed by atoms with van der Waals surface area (Å²) in [4.78, 5) is 11.9. The molecule has 0 bridgehead atoms. The smallest absolute Gasteiger partial charge is 0.305 e. The molecular formula is C13H15N3O3S. The number of hydrogen-bond acceptors (Lipinski definition) is 4. The minimum Gasteiger partial charge on any atom is -0.451 e. The van der Waals surface area contributed by atoms with Gasteiger partial charge < -0.3 is 14.5 Å². The fraction of sp³-hybridized carbons (Fsp3) is 0.231. The Morgan fingerprint density at radius 3 is 2.90 bits per heavy atom. The third kappa shape index (κ3) is 3.69. The molecule has 2 aromatic rings. The molecule has 0 unspecified atom stereocenters. The van der Waals surface area contributed by atoms with Crippen molar-refractivity contribution in [2.75, 3.05) is 20.3 Å². The van der Waals surface area contributed by atoms with Crippen LogP contribution in [0.15, 0.2) is 34.7 Å². The number of amides is 1. The van der Waals surface area contributed by atoms with Gasteiger partial charge in [-0.2, -0.15) is 0 Å². The Balaban J connectivity index is 1.87. The highest BCUT2D eigenvalue weighted by molar-refractivity contribution is 7.80. The van der Waals surface area contributed by atoms with E-state index in [4.69, 9.17) is 21.4 Å². The summed E-state index contributed by atoms with van der Waals surface area (Å²) in [6.45, 7) is 1.09. The van der Waals surface area contributed by atoms with Gasteiger partial charge in [0.05, 0.1) is 6.61 Å². The second-order valence-corrected chi connectivity index (χ2v) is 4.38. The molecule has 20 heavy (non-hydrogen) atoms. The predicted molar refractivity (Wildman–Crippen MR) is 79.3 cm³/mol. The van der Waals surface area contributed by atoms with E-state index in [0.29, 0.717) is 23.8 Å². The average molecular weight is 293 g/mol. The summed E-state index contributed by atoms with van der Waals surface area (Å²) >= 11 is 4.98. The molecule has 0 aliphatic rings. The molecule has 6 nitrogen and oxygen atoms in total. The minimum absolute atomic E-state index is 0.221. The highest BCUT2D eigenvalue weighted by atomic mass is 32.1. The standard InChI is InChI=1S/C13H15N3O3S/c1-18-7-6-14-13(20)16-15-12(17)11-8-9-4-2-3-5-10(9)19-11/h2-5,8H,6-7H2,1H3,(H,15,17)(H2,14,16,20). The highest BCUT2D eigenvalue weighted by Crippen LogP contribution is 2.18. The van der Waals surface area contributed by atoms with Gasteiger partial charge >= 0.3 is 5.91 Å². The molecule has 0 aliphatic heterocycles. The maximum atomic E-state index is 11.9. The number of carbonyl (C=O) groups is 1. The molecule has 3 N–H and O–H groups in total. The zero-order valence-electron chi connectivity index (χ0n) is 10.9. The first-order chi connectivity index (χ1) is 9.70. The molecule has 0 saturated heterocycles. The number of methoxy groups -OCH3 is 1. The molecule has 7 heteroatoms. The molecule has 1 heterocycles. The average Bonchev–Trinajstić information content (AvgIpc) is 2.89. The van der Waals surface area contributed by atoms with E-state index in [2.05, 4.69) is 16.2 Å². The molecule has 0 atom stereocenters. The van der Waals surface area contributed by atoms with Crippen LogP contribution in [-0.4, -0.2) is 31.3 Å². The van der Waals surface area contributed by atoms with Crippen LogP contribution in [0.4, 0.5) is 0 Å². The van der Waals surface area contributed by atoms with Crippen molar-refractivity contribution in [3.8, 4) is 0 Å². The SMILES string of the molecule is COCCNC(=S)NNC(=O)c1cc2ccccc2o1. The number of nitrogens with one attached hydrogen (secondary N) is 3. The summed E-state index contributed by atoms with van der Waals surface area (Å²) < 4.78 is 10.3. The molecule has 0 saturated carbocycles. The van der Waals surface area contributed by atoms with E-state index in [0.717, 1.165) is 5.39 Å². The molecule has 1 aromatic carbocycles. The van der Waals surface area contributed by atoms with Crippen LogP contribution in [0.5, 0.6) is 0 Å². The van der Waals surface area contributed by atoms with Gasteiger partial charge in [0.25, 0.3) is 0 Å². The third-order valence-corrected chi connectivity index (χ3v) is 2.78. The number of ether oxygens (including phenoxy) is 1. The van der Waals surface area contributed by atoms with Crippen LogP contribution in [0.1, 0.15) is 10.6 Å². The van der Waals surface area contributed by atoms with Crippen molar-refractivity contribution < 1.29 is 13.9 Å². The number of hydrazine groups is 1. The Bertz CT molecular complexity index is 579. The van der Waals surface area contributed by atoms with Crippen molar-refractivity contribution in [3.05, 3.63) is 36.1 Å². The van der Waals surface area contributed by atoms with E-state index in [1.54, 1.807) is 19.2 Å². The summed E-state index contributed by atoms with van der Waals surface area (Å²) in [7, 11) is 1.60. The van der Waals surface area contributed by atoms with Crippen LogP contribution in [0, 0.1) is 0 Å². The van der Waals surface area contributed by atoms with Gasteiger partial charge in [-0.15, -0.1) is 0 Å². The van der Waals surface area contributed by atoms with E-state index in [9.17, 15) is 4.79 Å². The second-order valence-electron chi connectivity index (χ2n) is 3.98. The van der Waals surface area contributed by atoms with Crippen molar-refractivity contribution in [3.63, 3.8) is 0 Å². The lowest BCUT2D eigenvalue weighted by atomic mass is 10.2. The highest BCUT2D eigenvalue weighted by Gasteiger charge is 2.11. The summed E-state index contributed by atoms with van der Waals surface area (Å²) in [5, 5.41) is 4.05. The van der Waals surface area contributed by atoms with E-state index in [-0.39, 0.29) is 5.76 Å².